The van der Waals surface area contributed by atoms with Crippen molar-refractivity contribution in [1.82, 2.24) is 0 Å². The highest BCUT2D eigenvalue weighted by molar-refractivity contribution is 5.69. The fraction of sp³-hybridized carbons (Fsp3) is 0.538. The molecule has 1 aromatic rings. The van der Waals surface area contributed by atoms with Gasteiger partial charge < -0.3 is 15.8 Å². The Bertz CT molecular complexity index is 380. The molecule has 0 aliphatic heterocycles. The number of rotatable bonds is 5. The van der Waals surface area contributed by atoms with E-state index in [2.05, 4.69) is 26.1 Å². The summed E-state index contributed by atoms with van der Waals surface area (Å²) in [6.45, 7) is 6.38. The van der Waals surface area contributed by atoms with Crippen LogP contribution in [0.25, 0.3) is 0 Å². The first kappa shape index (κ1) is 13.6. The maximum absolute atomic E-state index is 13.4. The van der Waals surface area contributed by atoms with Gasteiger partial charge in [0.15, 0.2) is 11.6 Å². The van der Waals surface area contributed by atoms with Crippen molar-refractivity contribution >= 4 is 11.4 Å². The Morgan fingerprint density at radius 3 is 2.53 bits per heavy atom. The van der Waals surface area contributed by atoms with Gasteiger partial charge in [-0.1, -0.05) is 20.8 Å². The molecule has 3 nitrogen and oxygen atoms in total. The first-order valence-corrected chi connectivity index (χ1v) is 5.89. The molecule has 0 radical (unpaired) electrons. The number of nitrogens with two attached hydrogens (primary N) is 1. The third-order valence-electron chi connectivity index (χ3n) is 2.91. The molecule has 1 rings (SSSR count). The van der Waals surface area contributed by atoms with E-state index in [9.17, 15) is 4.39 Å². The predicted octanol–water partition coefficient (Wildman–Crippen LogP) is 3.26. The minimum atomic E-state index is -0.437. The molecule has 0 saturated heterocycles. The van der Waals surface area contributed by atoms with Crippen LogP contribution in [0.4, 0.5) is 15.8 Å². The maximum Gasteiger partial charge on any atom is 0.167 e. The van der Waals surface area contributed by atoms with Gasteiger partial charge in [0.2, 0.25) is 0 Å². The molecule has 1 unspecified atom stereocenters. The molecule has 17 heavy (non-hydrogen) atoms. The third kappa shape index (κ3) is 3.25. The Labute approximate surface area is 102 Å². The maximum atomic E-state index is 13.4. The van der Waals surface area contributed by atoms with E-state index in [-0.39, 0.29) is 5.75 Å². The third-order valence-corrected chi connectivity index (χ3v) is 2.91. The van der Waals surface area contributed by atoms with Crippen LogP contribution in [0.2, 0.25) is 0 Å². The molecule has 0 amide bonds. The lowest BCUT2D eigenvalue weighted by Crippen LogP contribution is -2.25. The molecule has 0 heterocycles. The first-order valence-electron chi connectivity index (χ1n) is 5.89. The summed E-state index contributed by atoms with van der Waals surface area (Å²) in [5.74, 6) is 0.254. The number of nitrogens with one attached hydrogen (secondary N) is 1. The number of ether oxygens (including phenoxy) is 1. The number of benzene rings is 1. The zero-order valence-electron chi connectivity index (χ0n) is 10.9. The Balaban J connectivity index is 2.97. The van der Waals surface area contributed by atoms with E-state index in [1.54, 1.807) is 6.07 Å². The molecule has 0 saturated carbocycles. The van der Waals surface area contributed by atoms with Gasteiger partial charge in [-0.3, -0.25) is 0 Å². The number of methoxy groups -OCH3 is 1. The average Bonchev–Trinajstić information content (AvgIpc) is 2.27. The van der Waals surface area contributed by atoms with Crippen molar-refractivity contribution in [2.24, 2.45) is 5.92 Å². The fourth-order valence-electron chi connectivity index (χ4n) is 1.79. The molecule has 0 aliphatic carbocycles. The standard InChI is InChI=1S/C13H21FN2O/c1-5-11(8(2)3)16-12-7-13(17-4)9(14)6-10(12)15/h6-8,11,16H,5,15H2,1-4H3. The quantitative estimate of drug-likeness (QED) is 0.776. The monoisotopic (exact) mass is 240 g/mol. The van der Waals surface area contributed by atoms with Crippen molar-refractivity contribution in [1.29, 1.82) is 0 Å². The highest BCUT2D eigenvalue weighted by Crippen LogP contribution is 2.29. The second-order valence-corrected chi connectivity index (χ2v) is 4.48. The zero-order chi connectivity index (χ0) is 13.0. The van der Waals surface area contributed by atoms with E-state index in [1.165, 1.54) is 13.2 Å². The Morgan fingerprint density at radius 1 is 1.41 bits per heavy atom. The van der Waals surface area contributed by atoms with Gasteiger partial charge in [0, 0.05) is 18.2 Å². The summed E-state index contributed by atoms with van der Waals surface area (Å²) < 4.78 is 18.3. The van der Waals surface area contributed by atoms with E-state index in [4.69, 9.17) is 10.5 Å². The Hall–Kier alpha value is -1.45. The van der Waals surface area contributed by atoms with Crippen molar-refractivity contribution in [3.63, 3.8) is 0 Å². The number of hydrogen-bond donors (Lipinski definition) is 2. The second-order valence-electron chi connectivity index (χ2n) is 4.48. The van der Waals surface area contributed by atoms with Gasteiger partial charge in [-0.2, -0.15) is 0 Å². The summed E-state index contributed by atoms with van der Waals surface area (Å²) in [4.78, 5) is 0. The summed E-state index contributed by atoms with van der Waals surface area (Å²) in [5.41, 5.74) is 6.92. The van der Waals surface area contributed by atoms with Gasteiger partial charge in [-0.25, -0.2) is 4.39 Å². The van der Waals surface area contributed by atoms with Gasteiger partial charge in [-0.15, -0.1) is 0 Å². The van der Waals surface area contributed by atoms with Gasteiger partial charge in [-0.05, 0) is 12.3 Å². The van der Waals surface area contributed by atoms with Crippen LogP contribution < -0.4 is 15.8 Å². The summed E-state index contributed by atoms with van der Waals surface area (Å²) in [5, 5.41) is 3.33. The van der Waals surface area contributed by atoms with Crippen LogP contribution in [0.5, 0.6) is 5.75 Å². The van der Waals surface area contributed by atoms with Crippen LogP contribution in [-0.4, -0.2) is 13.2 Å². The number of hydrogen-bond acceptors (Lipinski definition) is 3. The first-order chi connectivity index (χ1) is 7.99. The molecular weight excluding hydrogens is 219 g/mol. The van der Waals surface area contributed by atoms with Gasteiger partial charge >= 0.3 is 0 Å². The Kier molecular flexibility index (Phi) is 4.61. The molecule has 0 aliphatic rings. The lowest BCUT2D eigenvalue weighted by Gasteiger charge is -2.23. The molecular formula is C13H21FN2O. The number of nitrogen functional groups attached to an aromatic ring is 1. The molecule has 0 spiro atoms. The van der Waals surface area contributed by atoms with Gasteiger partial charge in [0.25, 0.3) is 0 Å². The van der Waals surface area contributed by atoms with Crippen molar-refractivity contribution in [2.45, 2.75) is 33.2 Å². The van der Waals surface area contributed by atoms with Crippen LogP contribution in [0.1, 0.15) is 27.2 Å². The van der Waals surface area contributed by atoms with Crippen molar-refractivity contribution in [3.05, 3.63) is 17.9 Å². The molecule has 0 aromatic heterocycles. The Morgan fingerprint density at radius 2 is 2.06 bits per heavy atom. The molecule has 0 bridgehead atoms. The number of anilines is 2. The van der Waals surface area contributed by atoms with Crippen LogP contribution >= 0.6 is 0 Å². The minimum Gasteiger partial charge on any atom is -0.494 e. The van der Waals surface area contributed by atoms with E-state index in [1.807, 2.05) is 0 Å². The number of halogens is 1. The average molecular weight is 240 g/mol. The molecule has 1 aromatic carbocycles. The van der Waals surface area contributed by atoms with E-state index in [0.29, 0.717) is 17.6 Å². The van der Waals surface area contributed by atoms with Crippen molar-refractivity contribution < 1.29 is 9.13 Å². The highest BCUT2D eigenvalue weighted by Gasteiger charge is 2.14. The molecule has 1 atom stereocenters. The molecule has 4 heteroatoms. The summed E-state index contributed by atoms with van der Waals surface area (Å²) >= 11 is 0. The van der Waals surface area contributed by atoms with E-state index in [0.717, 1.165) is 12.1 Å². The minimum absolute atomic E-state index is 0.209. The summed E-state index contributed by atoms with van der Waals surface area (Å²) in [6.07, 6.45) is 0.983. The topological polar surface area (TPSA) is 47.3 Å². The molecule has 3 N–H and O–H groups in total. The highest BCUT2D eigenvalue weighted by atomic mass is 19.1. The van der Waals surface area contributed by atoms with Crippen LogP contribution in [0.3, 0.4) is 0 Å². The van der Waals surface area contributed by atoms with Crippen molar-refractivity contribution in [3.8, 4) is 5.75 Å². The molecule has 96 valence electrons. The van der Waals surface area contributed by atoms with Crippen molar-refractivity contribution in [2.75, 3.05) is 18.2 Å². The van der Waals surface area contributed by atoms with E-state index >= 15 is 0 Å². The normalized spacial score (nSPS) is 12.6. The smallest absolute Gasteiger partial charge is 0.167 e. The van der Waals surface area contributed by atoms with Crippen LogP contribution in [0, 0.1) is 11.7 Å². The fourth-order valence-corrected chi connectivity index (χ4v) is 1.79. The van der Waals surface area contributed by atoms with E-state index < -0.39 is 5.82 Å². The summed E-state index contributed by atoms with van der Waals surface area (Å²) in [7, 11) is 1.44. The van der Waals surface area contributed by atoms with Gasteiger partial charge in [0.1, 0.15) is 0 Å². The van der Waals surface area contributed by atoms with Crippen LogP contribution in [0.15, 0.2) is 12.1 Å². The SMILES string of the molecule is CCC(Nc1cc(OC)c(F)cc1N)C(C)C. The zero-order valence-corrected chi connectivity index (χ0v) is 10.9. The second kappa shape index (κ2) is 5.75. The van der Waals surface area contributed by atoms with Crippen LogP contribution in [-0.2, 0) is 0 Å². The summed E-state index contributed by atoms with van der Waals surface area (Å²) in [6, 6.07) is 3.21. The van der Waals surface area contributed by atoms with Gasteiger partial charge in [0.05, 0.1) is 18.5 Å². The molecule has 0 fully saturated rings. The largest absolute Gasteiger partial charge is 0.494 e. The lowest BCUT2D eigenvalue weighted by atomic mass is 10.0. The predicted molar refractivity (Wildman–Crippen MR) is 69.9 cm³/mol. The lowest BCUT2D eigenvalue weighted by molar-refractivity contribution is 0.387.